The smallest absolute Gasteiger partial charge is 0.255 e. The Bertz CT molecular complexity index is 1500. The number of Topliss-reactive ketones (excluding diaryl/α,β-unsaturated/α-hetero) is 2. The molecule has 40 heavy (non-hydrogen) atoms. The molecule has 1 aromatic heterocycles. The normalized spacial score (nSPS) is 26.3. The molecule has 4 atom stereocenters. The minimum atomic E-state index is -2.13. The van der Waals surface area contributed by atoms with Crippen LogP contribution in [0.5, 0.6) is 5.75 Å². The van der Waals surface area contributed by atoms with Crippen LogP contribution < -0.4 is 5.73 Å². The average Bonchev–Trinajstić information content (AvgIpc) is 3.30. The SMILES string of the molecule is CO[C@]12C(=O)C3=C(O)c4c(O)ccc(-c5occc5CN(C)C)c4C[C@H]3C[C@H]1[C@@H](N(C)C)C(=O)C(C(N)=O)=C2O. The molecular formula is C29H33N3O8. The fourth-order valence-electron chi connectivity index (χ4n) is 6.81. The van der Waals surface area contributed by atoms with Gasteiger partial charge in [-0.05, 0) is 70.7 Å². The zero-order chi connectivity index (χ0) is 29.3. The van der Waals surface area contributed by atoms with Crippen molar-refractivity contribution in [3.05, 3.63) is 58.1 Å². The fourth-order valence-corrected chi connectivity index (χ4v) is 6.81. The van der Waals surface area contributed by atoms with Crippen LogP contribution in [-0.2, 0) is 32.1 Å². The summed E-state index contributed by atoms with van der Waals surface area (Å²) in [6.07, 6.45) is 1.97. The van der Waals surface area contributed by atoms with Crippen molar-refractivity contribution in [3.8, 4) is 17.1 Å². The zero-order valence-electron chi connectivity index (χ0n) is 23.0. The highest BCUT2D eigenvalue weighted by Gasteiger charge is 2.65. The second kappa shape index (κ2) is 9.61. The number of primary amides is 1. The number of phenols is 1. The van der Waals surface area contributed by atoms with Gasteiger partial charge in [0, 0.05) is 36.3 Å². The molecule has 0 spiro atoms. The number of nitrogens with two attached hydrogens (primary N) is 1. The summed E-state index contributed by atoms with van der Waals surface area (Å²) in [5.74, 6) is -5.09. The molecule has 212 valence electrons. The third-order valence-corrected chi connectivity index (χ3v) is 8.37. The van der Waals surface area contributed by atoms with E-state index in [0.717, 1.165) is 5.56 Å². The van der Waals surface area contributed by atoms with E-state index in [4.69, 9.17) is 14.9 Å². The van der Waals surface area contributed by atoms with E-state index in [9.17, 15) is 29.7 Å². The van der Waals surface area contributed by atoms with Gasteiger partial charge in [-0.15, -0.1) is 0 Å². The summed E-state index contributed by atoms with van der Waals surface area (Å²) in [6, 6.07) is 4.00. The molecule has 3 aliphatic carbocycles. The molecule has 1 heterocycles. The maximum absolute atomic E-state index is 14.3. The van der Waals surface area contributed by atoms with Crippen molar-refractivity contribution in [2.75, 3.05) is 35.3 Å². The number of rotatable bonds is 6. The number of furan rings is 1. The number of hydrogen-bond acceptors (Lipinski definition) is 10. The molecule has 1 aromatic carbocycles. The Balaban J connectivity index is 1.74. The molecule has 3 aliphatic rings. The molecule has 0 radical (unpaired) electrons. The van der Waals surface area contributed by atoms with Gasteiger partial charge in [-0.2, -0.15) is 0 Å². The van der Waals surface area contributed by atoms with Gasteiger partial charge in [0.1, 0.15) is 28.6 Å². The zero-order valence-corrected chi connectivity index (χ0v) is 23.0. The molecule has 0 bridgehead atoms. The molecular weight excluding hydrogens is 518 g/mol. The number of benzene rings is 1. The molecule has 0 saturated heterocycles. The van der Waals surface area contributed by atoms with Gasteiger partial charge in [0.25, 0.3) is 5.91 Å². The van der Waals surface area contributed by atoms with Gasteiger partial charge in [0.2, 0.25) is 5.78 Å². The first kappa shape index (κ1) is 27.6. The van der Waals surface area contributed by atoms with Gasteiger partial charge in [-0.3, -0.25) is 19.3 Å². The highest BCUT2D eigenvalue weighted by atomic mass is 16.5. The van der Waals surface area contributed by atoms with Crippen LogP contribution in [0.2, 0.25) is 0 Å². The number of amides is 1. The van der Waals surface area contributed by atoms with Crippen LogP contribution in [-0.4, -0.2) is 89.5 Å². The van der Waals surface area contributed by atoms with Gasteiger partial charge in [0.05, 0.1) is 17.9 Å². The van der Waals surface area contributed by atoms with E-state index in [1.54, 1.807) is 31.3 Å². The maximum Gasteiger partial charge on any atom is 0.255 e. The Morgan fingerprint density at radius 3 is 2.45 bits per heavy atom. The Labute approximate surface area is 231 Å². The van der Waals surface area contributed by atoms with Crippen LogP contribution in [0.25, 0.3) is 17.1 Å². The van der Waals surface area contributed by atoms with Crippen molar-refractivity contribution in [2.24, 2.45) is 17.6 Å². The molecule has 11 heteroatoms. The lowest BCUT2D eigenvalue weighted by Crippen LogP contribution is -2.66. The van der Waals surface area contributed by atoms with E-state index in [1.165, 1.54) is 13.2 Å². The molecule has 1 saturated carbocycles. The summed E-state index contributed by atoms with van der Waals surface area (Å²) in [6.45, 7) is 0.593. The molecule has 11 nitrogen and oxygen atoms in total. The molecule has 5 rings (SSSR count). The van der Waals surface area contributed by atoms with Crippen molar-refractivity contribution >= 4 is 23.2 Å². The van der Waals surface area contributed by atoms with Gasteiger partial charge in [-0.25, -0.2) is 0 Å². The van der Waals surface area contributed by atoms with Crippen molar-refractivity contribution in [1.29, 1.82) is 0 Å². The predicted molar refractivity (Wildman–Crippen MR) is 144 cm³/mol. The van der Waals surface area contributed by atoms with Gasteiger partial charge < -0.3 is 35.1 Å². The number of aliphatic hydroxyl groups excluding tert-OH is 2. The summed E-state index contributed by atoms with van der Waals surface area (Å²) in [5, 5.41) is 33.7. The second-order valence-corrected chi connectivity index (χ2v) is 11.1. The molecule has 1 amide bonds. The summed E-state index contributed by atoms with van der Waals surface area (Å²) in [7, 11) is 8.33. The van der Waals surface area contributed by atoms with E-state index in [2.05, 4.69) is 0 Å². The number of phenolic OH excluding ortho intramolecular Hbond substituents is 1. The van der Waals surface area contributed by atoms with Gasteiger partial charge in [-0.1, -0.05) is 0 Å². The summed E-state index contributed by atoms with van der Waals surface area (Å²) in [4.78, 5) is 43.5. The molecule has 5 N–H and O–H groups in total. The first-order chi connectivity index (χ1) is 18.9. The number of carbonyl (C=O) groups is 3. The third kappa shape index (κ3) is 3.72. The highest BCUT2D eigenvalue weighted by Crippen LogP contribution is 2.54. The van der Waals surface area contributed by atoms with Crippen LogP contribution in [0.3, 0.4) is 0 Å². The minimum Gasteiger partial charge on any atom is -0.508 e. The Hall–Kier alpha value is -3.93. The third-order valence-electron chi connectivity index (χ3n) is 8.37. The molecule has 2 aromatic rings. The standard InChI is InChI=1S/C29H33N3O8/c1-31(2)12-13-8-9-40-25(13)15-6-7-18(33)20-16(15)10-14-11-17-22(32(3)4)24(35)21(28(30)38)27(37)29(17,39-5)26(36)19(14)23(20)34/h6-9,14,17,22,33-34,37H,10-12H2,1-5H3,(H2,30,38)/t14-,17-,22+,29-/m0/s1. The van der Waals surface area contributed by atoms with Crippen molar-refractivity contribution in [3.63, 3.8) is 0 Å². The number of nitrogens with zero attached hydrogens (tertiary/aromatic N) is 2. The molecule has 0 aliphatic heterocycles. The van der Waals surface area contributed by atoms with Crippen LogP contribution in [0.1, 0.15) is 23.1 Å². The topological polar surface area (TPSA) is 167 Å². The Morgan fingerprint density at radius 1 is 1.15 bits per heavy atom. The number of aliphatic hydroxyl groups is 2. The van der Waals surface area contributed by atoms with Gasteiger partial charge >= 0.3 is 0 Å². The first-order valence-corrected chi connectivity index (χ1v) is 12.9. The number of aromatic hydroxyl groups is 1. The quantitative estimate of drug-likeness (QED) is 0.390. The van der Waals surface area contributed by atoms with Crippen LogP contribution in [0.15, 0.2) is 45.8 Å². The summed E-state index contributed by atoms with van der Waals surface area (Å²) < 4.78 is 11.5. The Kier molecular flexibility index (Phi) is 6.64. The second-order valence-electron chi connectivity index (χ2n) is 11.1. The van der Waals surface area contributed by atoms with Crippen LogP contribution >= 0.6 is 0 Å². The fraction of sp³-hybridized carbons (Fsp3) is 0.414. The highest BCUT2D eigenvalue weighted by molar-refractivity contribution is 6.24. The number of carbonyl (C=O) groups excluding carboxylic acids is 3. The molecule has 0 unspecified atom stereocenters. The van der Waals surface area contributed by atoms with Crippen LogP contribution in [0.4, 0.5) is 0 Å². The minimum absolute atomic E-state index is 0.0479. The number of fused-ring (bicyclic) bond motifs is 3. The summed E-state index contributed by atoms with van der Waals surface area (Å²) >= 11 is 0. The largest absolute Gasteiger partial charge is 0.508 e. The number of ketones is 2. The lowest BCUT2D eigenvalue weighted by Gasteiger charge is -2.51. The van der Waals surface area contributed by atoms with E-state index >= 15 is 0 Å². The predicted octanol–water partition coefficient (Wildman–Crippen LogP) is 1.94. The van der Waals surface area contributed by atoms with Crippen molar-refractivity contribution < 1.29 is 38.9 Å². The average molecular weight is 552 g/mol. The van der Waals surface area contributed by atoms with E-state index < -0.39 is 58.0 Å². The lowest BCUT2D eigenvalue weighted by molar-refractivity contribution is -0.159. The van der Waals surface area contributed by atoms with Crippen LogP contribution in [0, 0.1) is 11.8 Å². The number of methoxy groups -OCH3 is 1. The number of hydrogen-bond donors (Lipinski definition) is 4. The monoisotopic (exact) mass is 551 g/mol. The lowest BCUT2D eigenvalue weighted by atomic mass is 9.57. The molecule has 1 fully saturated rings. The van der Waals surface area contributed by atoms with Crippen molar-refractivity contribution in [1.82, 2.24) is 9.80 Å². The van der Waals surface area contributed by atoms with Crippen molar-refractivity contribution in [2.45, 2.75) is 31.0 Å². The maximum atomic E-state index is 14.3. The number of likely N-dealkylation sites (N-methyl/N-ethyl adjacent to an activating group) is 1. The van der Waals surface area contributed by atoms with E-state index in [0.29, 0.717) is 23.4 Å². The summed E-state index contributed by atoms with van der Waals surface area (Å²) in [5.41, 5.74) is 4.85. The first-order valence-electron chi connectivity index (χ1n) is 12.9. The van der Waals surface area contributed by atoms with E-state index in [-0.39, 0.29) is 29.7 Å². The number of ether oxygens (including phenoxy) is 1. The van der Waals surface area contributed by atoms with Gasteiger partial charge in [0.15, 0.2) is 11.4 Å². The Morgan fingerprint density at radius 2 is 1.85 bits per heavy atom. The van der Waals surface area contributed by atoms with E-state index in [1.807, 2.05) is 25.1 Å².